The van der Waals surface area contributed by atoms with E-state index in [9.17, 15) is 18.8 Å². The van der Waals surface area contributed by atoms with E-state index in [0.29, 0.717) is 17.0 Å². The Labute approximate surface area is 177 Å². The molecule has 2 heterocycles. The summed E-state index contributed by atoms with van der Waals surface area (Å²) in [5, 5.41) is 11.2. The zero-order valence-corrected chi connectivity index (χ0v) is 16.6. The molecule has 2 aromatic heterocycles. The van der Waals surface area contributed by atoms with Gasteiger partial charge < -0.3 is 4.74 Å². The fourth-order valence-corrected chi connectivity index (χ4v) is 3.36. The van der Waals surface area contributed by atoms with Gasteiger partial charge in [0.05, 0.1) is 6.20 Å². The Bertz CT molecular complexity index is 1330. The zero-order chi connectivity index (χ0) is 21.8. The highest BCUT2D eigenvalue weighted by molar-refractivity contribution is 7.18. The molecule has 0 aliphatic heterocycles. The summed E-state index contributed by atoms with van der Waals surface area (Å²) in [7, 11) is 0. The number of H-pyrrole nitrogens is 1. The second kappa shape index (κ2) is 8.71. The van der Waals surface area contributed by atoms with Gasteiger partial charge in [0, 0.05) is 5.56 Å². The lowest BCUT2D eigenvalue weighted by Crippen LogP contribution is -2.34. The first-order valence-corrected chi connectivity index (χ1v) is 9.75. The van der Waals surface area contributed by atoms with Crippen molar-refractivity contribution < 1.29 is 13.9 Å². The number of hydrogen-bond donors (Lipinski definition) is 2. The molecule has 156 valence electrons. The second-order valence-corrected chi connectivity index (χ2v) is 7.24. The molecule has 0 aliphatic carbocycles. The number of carbonyl (C=O) groups excluding carboxylic acids is 1. The van der Waals surface area contributed by atoms with Crippen molar-refractivity contribution in [3.05, 3.63) is 87.4 Å². The quantitative estimate of drug-likeness (QED) is 0.477. The number of nitrogens with zero attached hydrogens (tertiary/aromatic N) is 3. The largest absolute Gasteiger partial charge is 0.457 e. The fourth-order valence-electron chi connectivity index (χ4n) is 2.59. The Morgan fingerprint density at radius 1 is 1.06 bits per heavy atom. The molecule has 0 aliphatic rings. The Hall–Kier alpha value is -4.12. The van der Waals surface area contributed by atoms with Gasteiger partial charge in [-0.3, -0.25) is 24.5 Å². The van der Waals surface area contributed by atoms with Crippen LogP contribution in [-0.4, -0.2) is 25.7 Å². The Balaban J connectivity index is 1.41. The molecular weight excluding hydrogens is 425 g/mol. The lowest BCUT2D eigenvalue weighted by molar-refractivity contribution is -0.116. The summed E-state index contributed by atoms with van der Waals surface area (Å²) in [6, 6.07) is 16.6. The van der Waals surface area contributed by atoms with Crippen molar-refractivity contribution in [1.82, 2.24) is 19.7 Å². The molecule has 2 aromatic carbocycles. The van der Waals surface area contributed by atoms with Crippen LogP contribution in [0.25, 0.3) is 10.6 Å². The first kappa shape index (κ1) is 20.2. The van der Waals surface area contributed by atoms with Crippen molar-refractivity contribution in [2.45, 2.75) is 6.54 Å². The number of benzene rings is 2. The van der Waals surface area contributed by atoms with Gasteiger partial charge in [0.1, 0.15) is 23.1 Å². The van der Waals surface area contributed by atoms with E-state index in [4.69, 9.17) is 4.74 Å². The Morgan fingerprint density at radius 3 is 2.52 bits per heavy atom. The highest BCUT2D eigenvalue weighted by Gasteiger charge is 2.12. The maximum absolute atomic E-state index is 13.3. The summed E-state index contributed by atoms with van der Waals surface area (Å²) in [6.45, 7) is -0.493. The lowest BCUT2D eigenvalue weighted by Gasteiger charge is -2.05. The molecule has 4 aromatic rings. The summed E-state index contributed by atoms with van der Waals surface area (Å²) in [5.41, 5.74) is -1.26. The molecule has 0 fully saturated rings. The minimum Gasteiger partial charge on any atom is -0.457 e. The summed E-state index contributed by atoms with van der Waals surface area (Å²) in [5.74, 6) is -0.405. The van der Waals surface area contributed by atoms with Crippen LogP contribution < -0.4 is 21.3 Å². The smallest absolute Gasteiger partial charge is 0.328 e. The molecule has 4 rings (SSSR count). The summed E-state index contributed by atoms with van der Waals surface area (Å²) in [6.07, 6.45) is 0.672. The summed E-state index contributed by atoms with van der Waals surface area (Å²) >= 11 is 1.13. The average Bonchev–Trinajstić information content (AvgIpc) is 3.21. The third-order valence-electron chi connectivity index (χ3n) is 4.03. The monoisotopic (exact) mass is 439 g/mol. The van der Waals surface area contributed by atoms with Crippen LogP contribution in [0.5, 0.6) is 11.5 Å². The maximum atomic E-state index is 13.3. The van der Waals surface area contributed by atoms with Crippen LogP contribution in [0.2, 0.25) is 0 Å². The molecule has 31 heavy (non-hydrogen) atoms. The molecule has 1 amide bonds. The van der Waals surface area contributed by atoms with E-state index in [-0.39, 0.29) is 5.13 Å². The fraction of sp³-hybridized carbons (Fsp3) is 0.0500. The van der Waals surface area contributed by atoms with Crippen LogP contribution in [0.3, 0.4) is 0 Å². The summed E-state index contributed by atoms with van der Waals surface area (Å²) in [4.78, 5) is 36.6. The predicted octanol–water partition coefficient (Wildman–Crippen LogP) is 2.63. The van der Waals surface area contributed by atoms with E-state index in [1.165, 1.54) is 0 Å². The molecule has 11 heteroatoms. The molecule has 0 atom stereocenters. The van der Waals surface area contributed by atoms with Crippen molar-refractivity contribution in [1.29, 1.82) is 0 Å². The van der Waals surface area contributed by atoms with Crippen molar-refractivity contribution in [2.24, 2.45) is 0 Å². The maximum Gasteiger partial charge on any atom is 0.328 e. The minimum absolute atomic E-state index is 0.211. The predicted molar refractivity (Wildman–Crippen MR) is 112 cm³/mol. The number of aromatic amines is 1. The van der Waals surface area contributed by atoms with Gasteiger partial charge in [0.15, 0.2) is 0 Å². The van der Waals surface area contributed by atoms with Gasteiger partial charge in [0.25, 0.3) is 5.56 Å². The Morgan fingerprint density at radius 2 is 1.77 bits per heavy atom. The summed E-state index contributed by atoms with van der Waals surface area (Å²) < 4.78 is 19.8. The van der Waals surface area contributed by atoms with Gasteiger partial charge in [-0.2, -0.15) is 4.39 Å². The van der Waals surface area contributed by atoms with Gasteiger partial charge >= 0.3 is 5.69 Å². The number of rotatable bonds is 6. The number of amides is 1. The highest BCUT2D eigenvalue weighted by atomic mass is 32.1. The van der Waals surface area contributed by atoms with Crippen LogP contribution >= 0.6 is 11.3 Å². The van der Waals surface area contributed by atoms with E-state index in [1.54, 1.807) is 17.1 Å². The van der Waals surface area contributed by atoms with Crippen molar-refractivity contribution >= 4 is 22.4 Å². The standard InChI is InChI=1S/C20H14FN5O4S/c21-15-10-26(20(29)23-17(15)28)11-16(27)22-19-25-24-18(31-19)12-6-8-14(9-7-12)30-13-4-2-1-3-5-13/h1-10H,11H2,(H,22,25,27)(H,23,28,29). The van der Waals surface area contributed by atoms with E-state index >= 15 is 0 Å². The molecule has 0 radical (unpaired) electrons. The van der Waals surface area contributed by atoms with Crippen LogP contribution in [-0.2, 0) is 11.3 Å². The van der Waals surface area contributed by atoms with E-state index in [2.05, 4.69) is 15.5 Å². The lowest BCUT2D eigenvalue weighted by atomic mass is 10.2. The number of hydrogen-bond acceptors (Lipinski definition) is 7. The van der Waals surface area contributed by atoms with Gasteiger partial charge in [-0.1, -0.05) is 29.5 Å². The SMILES string of the molecule is O=C(Cn1cc(F)c(=O)[nH]c1=O)Nc1nnc(-c2ccc(Oc3ccccc3)cc2)s1. The molecule has 0 saturated heterocycles. The molecule has 2 N–H and O–H groups in total. The number of anilines is 1. The number of ether oxygens (including phenoxy) is 1. The van der Waals surface area contributed by atoms with E-state index < -0.39 is 29.5 Å². The third kappa shape index (κ3) is 4.90. The van der Waals surface area contributed by atoms with Crippen LogP contribution in [0.15, 0.2) is 70.4 Å². The van der Waals surface area contributed by atoms with Crippen molar-refractivity contribution in [3.63, 3.8) is 0 Å². The van der Waals surface area contributed by atoms with Crippen LogP contribution in [0.1, 0.15) is 0 Å². The van der Waals surface area contributed by atoms with Gasteiger partial charge in [-0.05, 0) is 36.4 Å². The Kier molecular flexibility index (Phi) is 5.67. The van der Waals surface area contributed by atoms with Crippen molar-refractivity contribution in [2.75, 3.05) is 5.32 Å². The molecule has 9 nitrogen and oxygen atoms in total. The highest BCUT2D eigenvalue weighted by Crippen LogP contribution is 2.29. The van der Waals surface area contributed by atoms with Crippen LogP contribution in [0.4, 0.5) is 9.52 Å². The van der Waals surface area contributed by atoms with Gasteiger partial charge in [-0.15, -0.1) is 10.2 Å². The number of para-hydroxylation sites is 1. The topological polar surface area (TPSA) is 119 Å². The number of halogens is 1. The number of carbonyl (C=O) groups is 1. The number of aromatic nitrogens is 4. The van der Waals surface area contributed by atoms with Gasteiger partial charge in [-0.25, -0.2) is 4.79 Å². The second-order valence-electron chi connectivity index (χ2n) is 6.26. The molecule has 0 unspecified atom stereocenters. The molecule has 0 spiro atoms. The normalized spacial score (nSPS) is 10.6. The average molecular weight is 439 g/mol. The molecular formula is C20H14FN5O4S. The first-order valence-electron chi connectivity index (χ1n) is 8.94. The zero-order valence-electron chi connectivity index (χ0n) is 15.7. The minimum atomic E-state index is -1.16. The van der Waals surface area contributed by atoms with Gasteiger partial charge in [0.2, 0.25) is 16.9 Å². The van der Waals surface area contributed by atoms with Crippen molar-refractivity contribution in [3.8, 4) is 22.1 Å². The molecule has 0 bridgehead atoms. The third-order valence-corrected chi connectivity index (χ3v) is 4.92. The van der Waals surface area contributed by atoms with Crippen LogP contribution in [0, 0.1) is 5.82 Å². The number of nitrogens with one attached hydrogen (secondary N) is 2. The first-order chi connectivity index (χ1) is 15.0. The van der Waals surface area contributed by atoms with E-state index in [0.717, 1.165) is 27.2 Å². The van der Waals surface area contributed by atoms with E-state index in [1.807, 2.05) is 42.5 Å². The molecule has 0 saturated carbocycles.